The number of thiophene rings is 1. The van der Waals surface area contributed by atoms with Gasteiger partial charge in [-0.05, 0) is 42.0 Å². The average molecular weight is 317 g/mol. The Balaban J connectivity index is 2.07. The number of aromatic nitrogens is 1. The van der Waals surface area contributed by atoms with Crippen LogP contribution in [-0.4, -0.2) is 22.8 Å². The van der Waals surface area contributed by atoms with E-state index in [0.717, 1.165) is 5.56 Å². The van der Waals surface area contributed by atoms with E-state index in [-0.39, 0.29) is 17.7 Å². The molecule has 2 heterocycles. The lowest BCUT2D eigenvalue weighted by molar-refractivity contribution is -0.118. The molecule has 2 rings (SSSR count). The van der Waals surface area contributed by atoms with Crippen molar-refractivity contribution in [3.8, 4) is 0 Å². The number of amides is 2. The first-order valence-electron chi connectivity index (χ1n) is 7.05. The Kier molecular flexibility index (Phi) is 5.27. The molecule has 116 valence electrons. The zero-order chi connectivity index (χ0) is 16.1. The van der Waals surface area contributed by atoms with Crippen LogP contribution < -0.4 is 10.6 Å². The number of carbonyl (C=O) groups excluding carboxylic acids is 2. The van der Waals surface area contributed by atoms with E-state index < -0.39 is 6.04 Å². The zero-order valence-electron chi connectivity index (χ0n) is 12.8. The molecule has 0 aromatic carbocycles. The fourth-order valence-electron chi connectivity index (χ4n) is 1.96. The molecule has 2 aromatic rings. The maximum absolute atomic E-state index is 12.4. The molecule has 2 amide bonds. The van der Waals surface area contributed by atoms with E-state index in [0.29, 0.717) is 10.7 Å². The van der Waals surface area contributed by atoms with Gasteiger partial charge >= 0.3 is 0 Å². The maximum Gasteiger partial charge on any atom is 0.262 e. The number of anilines is 1. The minimum absolute atomic E-state index is 0.0336. The second-order valence-electron chi connectivity index (χ2n) is 5.38. The number of carbonyl (C=O) groups is 2. The monoisotopic (exact) mass is 317 g/mol. The van der Waals surface area contributed by atoms with Gasteiger partial charge in [0, 0.05) is 6.20 Å². The Bertz CT molecular complexity index is 653. The summed E-state index contributed by atoms with van der Waals surface area (Å²) in [5.41, 5.74) is 1.01. The Hall–Kier alpha value is -2.21. The zero-order valence-corrected chi connectivity index (χ0v) is 13.6. The van der Waals surface area contributed by atoms with Crippen molar-refractivity contribution < 1.29 is 9.59 Å². The van der Waals surface area contributed by atoms with E-state index in [9.17, 15) is 9.59 Å². The molecule has 0 aliphatic heterocycles. The van der Waals surface area contributed by atoms with Crippen molar-refractivity contribution in [1.82, 2.24) is 10.3 Å². The predicted molar refractivity (Wildman–Crippen MR) is 88.0 cm³/mol. The van der Waals surface area contributed by atoms with Crippen LogP contribution in [0.5, 0.6) is 0 Å². The number of aryl methyl sites for hydroxylation is 1. The summed E-state index contributed by atoms with van der Waals surface area (Å²) in [5.74, 6) is -0.0474. The molecule has 0 fully saturated rings. The van der Waals surface area contributed by atoms with Crippen LogP contribution in [0, 0.1) is 12.8 Å². The minimum atomic E-state index is -0.614. The molecule has 22 heavy (non-hydrogen) atoms. The molecule has 0 radical (unpaired) electrons. The number of nitrogens with zero attached hydrogens (tertiary/aromatic N) is 1. The molecular formula is C16H19N3O2S. The van der Waals surface area contributed by atoms with Crippen LogP contribution in [0.3, 0.4) is 0 Å². The molecule has 1 unspecified atom stereocenters. The van der Waals surface area contributed by atoms with Crippen molar-refractivity contribution in [1.29, 1.82) is 0 Å². The summed E-state index contributed by atoms with van der Waals surface area (Å²) in [7, 11) is 0. The second-order valence-corrected chi connectivity index (χ2v) is 6.33. The van der Waals surface area contributed by atoms with Gasteiger partial charge in [0.1, 0.15) is 11.9 Å². The molecule has 0 spiro atoms. The average Bonchev–Trinajstić information content (AvgIpc) is 2.98. The van der Waals surface area contributed by atoms with Crippen LogP contribution in [0.4, 0.5) is 5.82 Å². The molecule has 2 N–H and O–H groups in total. The summed E-state index contributed by atoms with van der Waals surface area (Å²) >= 11 is 1.35. The van der Waals surface area contributed by atoms with Gasteiger partial charge in [0.05, 0.1) is 4.88 Å². The molecular weight excluding hydrogens is 298 g/mol. The third-order valence-corrected chi connectivity index (χ3v) is 4.02. The molecule has 0 saturated carbocycles. The molecule has 1 atom stereocenters. The second kappa shape index (κ2) is 7.17. The molecule has 0 aliphatic rings. The molecule has 6 heteroatoms. The highest BCUT2D eigenvalue weighted by molar-refractivity contribution is 7.12. The minimum Gasteiger partial charge on any atom is -0.339 e. The van der Waals surface area contributed by atoms with Gasteiger partial charge in [0.25, 0.3) is 5.91 Å². The number of hydrogen-bond acceptors (Lipinski definition) is 4. The summed E-state index contributed by atoms with van der Waals surface area (Å²) in [6.07, 6.45) is 1.64. The van der Waals surface area contributed by atoms with Crippen LogP contribution >= 0.6 is 11.3 Å². The van der Waals surface area contributed by atoms with Gasteiger partial charge in [-0.1, -0.05) is 19.9 Å². The van der Waals surface area contributed by atoms with Crippen molar-refractivity contribution in [2.75, 3.05) is 5.32 Å². The smallest absolute Gasteiger partial charge is 0.262 e. The number of rotatable bonds is 5. The van der Waals surface area contributed by atoms with Gasteiger partial charge < -0.3 is 10.6 Å². The molecule has 5 nitrogen and oxygen atoms in total. The van der Waals surface area contributed by atoms with Crippen molar-refractivity contribution in [2.24, 2.45) is 5.92 Å². The Morgan fingerprint density at radius 2 is 2.05 bits per heavy atom. The first-order valence-corrected chi connectivity index (χ1v) is 7.93. The topological polar surface area (TPSA) is 71.1 Å². The summed E-state index contributed by atoms with van der Waals surface area (Å²) in [5, 5.41) is 7.37. The molecule has 0 saturated heterocycles. The van der Waals surface area contributed by atoms with Crippen molar-refractivity contribution in [3.05, 3.63) is 46.3 Å². The summed E-state index contributed by atoms with van der Waals surface area (Å²) in [6, 6.07) is 6.57. The predicted octanol–water partition coefficient (Wildman–Crippen LogP) is 2.84. The first-order chi connectivity index (χ1) is 10.5. The van der Waals surface area contributed by atoms with Crippen LogP contribution in [0.2, 0.25) is 0 Å². The molecule has 0 aliphatic carbocycles. The summed E-state index contributed by atoms with van der Waals surface area (Å²) in [6.45, 7) is 5.71. The van der Waals surface area contributed by atoms with Crippen molar-refractivity contribution in [3.63, 3.8) is 0 Å². The largest absolute Gasteiger partial charge is 0.339 e. The third-order valence-electron chi connectivity index (χ3n) is 3.15. The van der Waals surface area contributed by atoms with Gasteiger partial charge in [0.2, 0.25) is 5.91 Å². The van der Waals surface area contributed by atoms with Gasteiger partial charge in [-0.2, -0.15) is 0 Å². The van der Waals surface area contributed by atoms with Gasteiger partial charge in [-0.25, -0.2) is 4.98 Å². The number of hydrogen-bond donors (Lipinski definition) is 2. The quantitative estimate of drug-likeness (QED) is 0.891. The van der Waals surface area contributed by atoms with Crippen LogP contribution in [0.1, 0.15) is 29.1 Å². The fraction of sp³-hybridized carbons (Fsp3) is 0.312. The van der Waals surface area contributed by atoms with Gasteiger partial charge in [-0.15, -0.1) is 11.3 Å². The van der Waals surface area contributed by atoms with Crippen molar-refractivity contribution >= 4 is 29.0 Å². The van der Waals surface area contributed by atoms with Crippen LogP contribution in [0.25, 0.3) is 0 Å². The standard InChI is InChI=1S/C16H19N3O2S/c1-10(2)14(19-15(20)12-5-4-8-22-12)16(21)18-13-9-11(3)6-7-17-13/h4-10,14H,1-3H3,(H,19,20)(H,17,18,21). The normalized spacial score (nSPS) is 12.0. The van der Waals surface area contributed by atoms with Crippen LogP contribution in [-0.2, 0) is 4.79 Å². The van der Waals surface area contributed by atoms with Gasteiger partial charge in [0.15, 0.2) is 0 Å². The van der Waals surface area contributed by atoms with Gasteiger partial charge in [-0.3, -0.25) is 9.59 Å². The number of pyridine rings is 1. The highest BCUT2D eigenvalue weighted by Crippen LogP contribution is 2.12. The molecule has 0 bridgehead atoms. The van der Waals surface area contributed by atoms with E-state index in [1.165, 1.54) is 11.3 Å². The van der Waals surface area contributed by atoms with E-state index in [1.807, 2.05) is 32.2 Å². The maximum atomic E-state index is 12.4. The highest BCUT2D eigenvalue weighted by atomic mass is 32.1. The van der Waals surface area contributed by atoms with E-state index in [1.54, 1.807) is 24.4 Å². The van der Waals surface area contributed by atoms with Crippen LogP contribution in [0.15, 0.2) is 35.8 Å². The number of nitrogens with one attached hydrogen (secondary N) is 2. The summed E-state index contributed by atoms with van der Waals surface area (Å²) < 4.78 is 0. The lowest BCUT2D eigenvalue weighted by Crippen LogP contribution is -2.47. The first kappa shape index (κ1) is 16.2. The molecule has 2 aromatic heterocycles. The lowest BCUT2D eigenvalue weighted by Gasteiger charge is -2.21. The summed E-state index contributed by atoms with van der Waals surface area (Å²) in [4.78, 5) is 29.2. The van der Waals surface area contributed by atoms with E-state index >= 15 is 0 Å². The lowest BCUT2D eigenvalue weighted by atomic mass is 10.0. The van der Waals surface area contributed by atoms with E-state index in [2.05, 4.69) is 15.6 Å². The Morgan fingerprint density at radius 3 is 2.64 bits per heavy atom. The Labute approximate surface area is 133 Å². The SMILES string of the molecule is Cc1ccnc(NC(=O)C(NC(=O)c2cccs2)C(C)C)c1. The Morgan fingerprint density at radius 1 is 1.27 bits per heavy atom. The van der Waals surface area contributed by atoms with Crippen molar-refractivity contribution in [2.45, 2.75) is 26.8 Å². The van der Waals surface area contributed by atoms with E-state index in [4.69, 9.17) is 0 Å². The third kappa shape index (κ3) is 4.14. The highest BCUT2D eigenvalue weighted by Gasteiger charge is 2.25. The fourth-order valence-corrected chi connectivity index (χ4v) is 2.59.